The number of rotatable bonds is 3. The summed E-state index contributed by atoms with van der Waals surface area (Å²) in [5.74, 6) is 0. The quantitative estimate of drug-likeness (QED) is 0.159. The van der Waals surface area contributed by atoms with E-state index in [1.54, 1.807) is 0 Å². The molecule has 57 heavy (non-hydrogen) atoms. The van der Waals surface area contributed by atoms with Crippen LogP contribution in [0.1, 0.15) is 25.0 Å². The van der Waals surface area contributed by atoms with E-state index in [-0.39, 0.29) is 5.41 Å². The average Bonchev–Trinajstić information content (AvgIpc) is 3.49. The van der Waals surface area contributed by atoms with E-state index < -0.39 is 0 Å². The third kappa shape index (κ3) is 4.81. The minimum atomic E-state index is -0.135. The van der Waals surface area contributed by atoms with Crippen LogP contribution in [0.15, 0.2) is 194 Å². The standard InChI is InChI=1S/C57H38/c1-57(2)54-33-39(25-27-49(54)50-28-26-42(34-55(50)57)52-31-40-12-4-5-13-44(40)46-15-7-8-16-47(46)52)37-20-21-38-30-41(23-22-36(38)29-37)53-32-43-24-19-35-11-3-6-14-45(35)56(43)51-18-10-9-17-48(51)53/h3-34H,1-2H3. The molecule has 0 spiro atoms. The topological polar surface area (TPSA) is 0 Å². The average molecular weight is 723 g/mol. The van der Waals surface area contributed by atoms with E-state index in [0.717, 1.165) is 0 Å². The Bertz CT molecular complexity index is 3490. The maximum atomic E-state index is 2.46. The zero-order valence-electron chi connectivity index (χ0n) is 32.0. The number of hydrogen-bond acceptors (Lipinski definition) is 0. The van der Waals surface area contributed by atoms with Gasteiger partial charge in [0.25, 0.3) is 0 Å². The Balaban J connectivity index is 0.916. The first-order valence-electron chi connectivity index (χ1n) is 20.1. The second kappa shape index (κ2) is 12.0. The van der Waals surface area contributed by atoms with Gasteiger partial charge in [-0.1, -0.05) is 172 Å². The molecule has 0 atom stereocenters. The first-order valence-corrected chi connectivity index (χ1v) is 20.1. The zero-order valence-corrected chi connectivity index (χ0v) is 32.0. The van der Waals surface area contributed by atoms with Crippen molar-refractivity contribution in [2.45, 2.75) is 19.3 Å². The van der Waals surface area contributed by atoms with E-state index in [2.05, 4.69) is 208 Å². The molecule has 0 radical (unpaired) electrons. The number of fused-ring (bicyclic) bond motifs is 12. The molecular formula is C57H38. The third-order valence-corrected chi connectivity index (χ3v) is 13.0. The lowest BCUT2D eigenvalue weighted by Gasteiger charge is -2.23. The summed E-state index contributed by atoms with van der Waals surface area (Å²) >= 11 is 0. The van der Waals surface area contributed by atoms with Gasteiger partial charge in [-0.15, -0.1) is 0 Å². The summed E-state index contributed by atoms with van der Waals surface area (Å²) in [6.07, 6.45) is 0. The van der Waals surface area contributed by atoms with E-state index >= 15 is 0 Å². The molecule has 1 aliphatic carbocycles. The van der Waals surface area contributed by atoms with Crippen molar-refractivity contribution >= 4 is 64.6 Å². The molecule has 0 aliphatic heterocycles. The Morgan fingerprint density at radius 3 is 1.44 bits per heavy atom. The lowest BCUT2D eigenvalue weighted by molar-refractivity contribution is 0.661. The molecule has 11 aromatic rings. The minimum Gasteiger partial charge on any atom is -0.0616 e. The highest BCUT2D eigenvalue weighted by Gasteiger charge is 2.36. The van der Waals surface area contributed by atoms with E-state index in [4.69, 9.17) is 0 Å². The normalized spacial score (nSPS) is 13.2. The van der Waals surface area contributed by atoms with E-state index in [1.165, 1.54) is 120 Å². The Labute approximate surface area is 332 Å². The van der Waals surface area contributed by atoms with Gasteiger partial charge in [0.05, 0.1) is 0 Å². The third-order valence-electron chi connectivity index (χ3n) is 13.0. The number of hydrogen-bond donors (Lipinski definition) is 0. The van der Waals surface area contributed by atoms with Crippen molar-refractivity contribution in [3.8, 4) is 44.5 Å². The first kappa shape index (κ1) is 32.2. The maximum absolute atomic E-state index is 2.46. The van der Waals surface area contributed by atoms with Gasteiger partial charge in [-0.3, -0.25) is 0 Å². The lowest BCUT2D eigenvalue weighted by Crippen LogP contribution is -2.15. The molecule has 0 N–H and O–H groups in total. The molecule has 12 rings (SSSR count). The molecule has 0 heteroatoms. The predicted octanol–water partition coefficient (Wildman–Crippen LogP) is 15.9. The molecule has 0 amide bonds. The van der Waals surface area contributed by atoms with Crippen molar-refractivity contribution in [3.05, 3.63) is 205 Å². The van der Waals surface area contributed by atoms with Crippen molar-refractivity contribution in [2.75, 3.05) is 0 Å². The number of benzene rings is 11. The molecule has 0 nitrogen and oxygen atoms in total. The Kier molecular flexibility index (Phi) is 6.78. The summed E-state index contributed by atoms with van der Waals surface area (Å²) in [4.78, 5) is 0. The lowest BCUT2D eigenvalue weighted by atomic mass is 9.80. The van der Waals surface area contributed by atoms with Crippen LogP contribution in [0.2, 0.25) is 0 Å². The van der Waals surface area contributed by atoms with Gasteiger partial charge in [0.2, 0.25) is 0 Å². The van der Waals surface area contributed by atoms with Crippen molar-refractivity contribution < 1.29 is 0 Å². The predicted molar refractivity (Wildman–Crippen MR) is 245 cm³/mol. The van der Waals surface area contributed by atoms with Crippen molar-refractivity contribution in [1.82, 2.24) is 0 Å². The SMILES string of the molecule is CC1(C)c2cc(-c3ccc4cc(-c5cc6ccc7ccccc7c6c6ccccc56)ccc4c3)ccc2-c2ccc(-c3cc4ccccc4c4ccccc34)cc21. The molecule has 266 valence electrons. The van der Waals surface area contributed by atoms with Crippen LogP contribution >= 0.6 is 0 Å². The summed E-state index contributed by atoms with van der Waals surface area (Å²) < 4.78 is 0. The summed E-state index contributed by atoms with van der Waals surface area (Å²) in [6, 6.07) is 72.7. The van der Waals surface area contributed by atoms with Crippen LogP contribution in [0.3, 0.4) is 0 Å². The highest BCUT2D eigenvalue weighted by atomic mass is 14.4. The molecule has 0 unspecified atom stereocenters. The van der Waals surface area contributed by atoms with Gasteiger partial charge < -0.3 is 0 Å². The monoisotopic (exact) mass is 722 g/mol. The first-order chi connectivity index (χ1) is 28.0. The highest BCUT2D eigenvalue weighted by molar-refractivity contribution is 6.23. The molecule has 11 aromatic carbocycles. The van der Waals surface area contributed by atoms with E-state index in [0.29, 0.717) is 0 Å². The molecule has 0 bridgehead atoms. The summed E-state index contributed by atoms with van der Waals surface area (Å²) in [5.41, 5.74) is 12.9. The second-order valence-electron chi connectivity index (χ2n) is 16.5. The fourth-order valence-electron chi connectivity index (χ4n) is 10.1. The molecule has 0 fully saturated rings. The van der Waals surface area contributed by atoms with Gasteiger partial charge in [0, 0.05) is 5.41 Å². The van der Waals surface area contributed by atoms with Crippen LogP contribution in [0.4, 0.5) is 0 Å². The molecule has 0 saturated carbocycles. The second-order valence-corrected chi connectivity index (χ2v) is 16.5. The molecule has 0 heterocycles. The fourth-order valence-corrected chi connectivity index (χ4v) is 10.1. The van der Waals surface area contributed by atoms with Gasteiger partial charge in [0.15, 0.2) is 0 Å². The Hall–Kier alpha value is -7.02. The van der Waals surface area contributed by atoms with Crippen molar-refractivity contribution in [1.29, 1.82) is 0 Å². The fraction of sp³-hybridized carbons (Fsp3) is 0.0526. The molecule has 0 aromatic heterocycles. The molecule has 1 aliphatic rings. The van der Waals surface area contributed by atoms with Crippen molar-refractivity contribution in [2.24, 2.45) is 0 Å². The van der Waals surface area contributed by atoms with Crippen LogP contribution in [-0.4, -0.2) is 0 Å². The van der Waals surface area contributed by atoms with Gasteiger partial charge in [-0.25, -0.2) is 0 Å². The van der Waals surface area contributed by atoms with Crippen LogP contribution in [-0.2, 0) is 5.41 Å². The van der Waals surface area contributed by atoms with Gasteiger partial charge in [0.1, 0.15) is 0 Å². The highest BCUT2D eigenvalue weighted by Crippen LogP contribution is 2.51. The smallest absolute Gasteiger partial charge is 0.0159 e. The van der Waals surface area contributed by atoms with Crippen LogP contribution in [0.5, 0.6) is 0 Å². The molecule has 0 saturated heterocycles. The maximum Gasteiger partial charge on any atom is 0.0159 e. The van der Waals surface area contributed by atoms with Crippen LogP contribution in [0, 0.1) is 0 Å². The Morgan fingerprint density at radius 2 is 0.702 bits per heavy atom. The van der Waals surface area contributed by atoms with Gasteiger partial charge in [-0.2, -0.15) is 0 Å². The Morgan fingerprint density at radius 1 is 0.263 bits per heavy atom. The van der Waals surface area contributed by atoms with Crippen LogP contribution in [0.25, 0.3) is 109 Å². The van der Waals surface area contributed by atoms with Gasteiger partial charge in [-0.05, 0) is 157 Å². The van der Waals surface area contributed by atoms with E-state index in [1.807, 2.05) is 0 Å². The molecular weight excluding hydrogens is 685 g/mol. The zero-order chi connectivity index (χ0) is 37.8. The van der Waals surface area contributed by atoms with Crippen LogP contribution < -0.4 is 0 Å². The van der Waals surface area contributed by atoms with E-state index in [9.17, 15) is 0 Å². The summed E-state index contributed by atoms with van der Waals surface area (Å²) in [7, 11) is 0. The minimum absolute atomic E-state index is 0.135. The van der Waals surface area contributed by atoms with Gasteiger partial charge >= 0.3 is 0 Å². The largest absolute Gasteiger partial charge is 0.0616 e. The van der Waals surface area contributed by atoms with Crippen molar-refractivity contribution in [3.63, 3.8) is 0 Å². The summed E-state index contributed by atoms with van der Waals surface area (Å²) in [5, 5.41) is 15.5. The summed E-state index contributed by atoms with van der Waals surface area (Å²) in [6.45, 7) is 4.79.